The van der Waals surface area contributed by atoms with Gasteiger partial charge in [0, 0.05) is 51.2 Å². The van der Waals surface area contributed by atoms with Gasteiger partial charge in [-0.2, -0.15) is 0 Å². The molecule has 0 aromatic carbocycles. The van der Waals surface area contributed by atoms with E-state index in [1.807, 2.05) is 4.90 Å². The van der Waals surface area contributed by atoms with Gasteiger partial charge in [-0.25, -0.2) is 4.98 Å². The van der Waals surface area contributed by atoms with E-state index in [9.17, 15) is 9.59 Å². The van der Waals surface area contributed by atoms with Gasteiger partial charge < -0.3 is 19.3 Å². The number of H-pyrrole nitrogens is 1. The van der Waals surface area contributed by atoms with E-state index in [1.165, 1.54) is 0 Å². The van der Waals surface area contributed by atoms with Crippen LogP contribution in [0.4, 0.5) is 0 Å². The van der Waals surface area contributed by atoms with Crippen LogP contribution >= 0.6 is 0 Å². The predicted molar refractivity (Wildman–Crippen MR) is 97.0 cm³/mol. The highest BCUT2D eigenvalue weighted by Crippen LogP contribution is 2.42. The Morgan fingerprint density at radius 2 is 2.07 bits per heavy atom. The number of amides is 2. The average Bonchev–Trinajstić information content (AvgIpc) is 3.32. The van der Waals surface area contributed by atoms with E-state index in [0.29, 0.717) is 38.2 Å². The minimum absolute atomic E-state index is 0.0594. The third-order valence-corrected chi connectivity index (χ3v) is 5.79. The second-order valence-electron chi connectivity index (χ2n) is 7.40. The van der Waals surface area contributed by atoms with Crippen LogP contribution < -0.4 is 0 Å². The Bertz CT molecular complexity index is 847. The lowest BCUT2D eigenvalue weighted by Crippen LogP contribution is -2.58. The molecule has 27 heavy (non-hydrogen) atoms. The van der Waals surface area contributed by atoms with E-state index in [4.69, 9.17) is 4.52 Å². The van der Waals surface area contributed by atoms with E-state index in [0.717, 1.165) is 36.4 Å². The first-order chi connectivity index (χ1) is 13.0. The number of hydrogen-bond acceptors (Lipinski definition) is 5. The van der Waals surface area contributed by atoms with Crippen LogP contribution in [0, 0.1) is 0 Å². The fourth-order valence-corrected chi connectivity index (χ4v) is 4.46. The third-order valence-electron chi connectivity index (χ3n) is 5.79. The quantitative estimate of drug-likeness (QED) is 0.889. The molecule has 0 atom stereocenters. The molecule has 4 heterocycles. The number of carbonyl (C=O) groups excluding carboxylic acids is 2. The molecule has 1 fully saturated rings. The minimum Gasteiger partial charge on any atom is -0.361 e. The zero-order valence-electron chi connectivity index (χ0n) is 15.8. The van der Waals surface area contributed by atoms with Crippen molar-refractivity contribution in [1.29, 1.82) is 0 Å². The van der Waals surface area contributed by atoms with Gasteiger partial charge in [0.2, 0.25) is 5.91 Å². The summed E-state index contributed by atoms with van der Waals surface area (Å²) in [5.41, 5.74) is 2.01. The van der Waals surface area contributed by atoms with Crippen LogP contribution in [0.5, 0.6) is 0 Å². The maximum atomic E-state index is 12.8. The number of nitrogens with zero attached hydrogens (tertiary/aromatic N) is 4. The number of aromatic nitrogens is 3. The maximum Gasteiger partial charge on any atom is 0.276 e. The van der Waals surface area contributed by atoms with Gasteiger partial charge >= 0.3 is 0 Å². The van der Waals surface area contributed by atoms with Gasteiger partial charge in [0.05, 0.1) is 17.6 Å². The molecule has 144 valence electrons. The summed E-state index contributed by atoms with van der Waals surface area (Å²) in [7, 11) is 0. The van der Waals surface area contributed by atoms with Crippen molar-refractivity contribution in [3.8, 4) is 0 Å². The van der Waals surface area contributed by atoms with Crippen molar-refractivity contribution < 1.29 is 14.1 Å². The van der Waals surface area contributed by atoms with E-state index in [2.05, 4.69) is 22.0 Å². The van der Waals surface area contributed by atoms with Crippen LogP contribution in [0.1, 0.15) is 60.7 Å². The minimum atomic E-state index is -0.423. The average molecular weight is 371 g/mol. The largest absolute Gasteiger partial charge is 0.361 e. The van der Waals surface area contributed by atoms with Gasteiger partial charge in [0.25, 0.3) is 5.91 Å². The monoisotopic (exact) mass is 371 g/mol. The van der Waals surface area contributed by atoms with E-state index in [-0.39, 0.29) is 11.8 Å². The van der Waals surface area contributed by atoms with E-state index >= 15 is 0 Å². The highest BCUT2D eigenvalue weighted by molar-refractivity contribution is 5.92. The molecule has 8 heteroatoms. The summed E-state index contributed by atoms with van der Waals surface area (Å²) in [6.07, 6.45) is 5.57. The Morgan fingerprint density at radius 3 is 2.78 bits per heavy atom. The molecule has 1 spiro atoms. The lowest BCUT2D eigenvalue weighted by molar-refractivity contribution is -0.139. The fourth-order valence-electron chi connectivity index (χ4n) is 4.46. The Kier molecular flexibility index (Phi) is 4.49. The summed E-state index contributed by atoms with van der Waals surface area (Å²) in [5.74, 6) is 0.693. The SMILES string of the molecule is CCCc1cc(C(=O)N2CCC3(CC2)c2nc[nH]c2CCN3C(C)=O)no1. The fraction of sp³-hybridized carbons (Fsp3) is 0.579. The number of imidazole rings is 1. The van der Waals surface area contributed by atoms with Crippen molar-refractivity contribution >= 4 is 11.8 Å². The molecule has 2 aromatic rings. The van der Waals surface area contributed by atoms with E-state index < -0.39 is 5.54 Å². The summed E-state index contributed by atoms with van der Waals surface area (Å²) >= 11 is 0. The van der Waals surface area contributed by atoms with Crippen LogP contribution in [0.2, 0.25) is 0 Å². The van der Waals surface area contributed by atoms with Crippen LogP contribution in [0.15, 0.2) is 16.9 Å². The standard InChI is InChI=1S/C19H25N5O3/c1-3-4-14-11-16(22-27-14)18(26)23-9-6-19(7-10-23)17-15(20-12-21-17)5-8-24(19)13(2)25/h11-12H,3-10H2,1-2H3,(H,20,21). The molecule has 8 nitrogen and oxygen atoms in total. The molecule has 1 saturated heterocycles. The molecule has 2 aromatic heterocycles. The summed E-state index contributed by atoms with van der Waals surface area (Å²) in [6, 6.07) is 1.74. The highest BCUT2D eigenvalue weighted by atomic mass is 16.5. The van der Waals surface area contributed by atoms with Crippen molar-refractivity contribution in [2.75, 3.05) is 19.6 Å². The molecule has 2 amide bonds. The van der Waals surface area contributed by atoms with Crippen LogP contribution in [-0.4, -0.2) is 56.4 Å². The lowest BCUT2D eigenvalue weighted by atomic mass is 9.78. The Morgan fingerprint density at radius 1 is 1.30 bits per heavy atom. The number of fused-ring (bicyclic) bond motifs is 2. The van der Waals surface area contributed by atoms with Crippen molar-refractivity contribution in [2.24, 2.45) is 0 Å². The van der Waals surface area contributed by atoms with E-state index in [1.54, 1.807) is 24.2 Å². The topological polar surface area (TPSA) is 95.3 Å². The molecular formula is C19H25N5O3. The number of rotatable bonds is 3. The lowest BCUT2D eigenvalue weighted by Gasteiger charge is -2.50. The van der Waals surface area contributed by atoms with Crippen LogP contribution in [0.3, 0.4) is 0 Å². The number of carbonyl (C=O) groups is 2. The molecule has 4 rings (SSSR count). The number of piperidine rings is 1. The second kappa shape index (κ2) is 6.83. The predicted octanol–water partition coefficient (Wildman–Crippen LogP) is 1.89. The summed E-state index contributed by atoms with van der Waals surface area (Å²) in [6.45, 7) is 5.47. The first-order valence-corrected chi connectivity index (χ1v) is 9.61. The zero-order chi connectivity index (χ0) is 19.0. The normalized spacial score (nSPS) is 18.6. The van der Waals surface area contributed by atoms with Crippen molar-refractivity contribution in [2.45, 2.75) is 51.5 Å². The smallest absolute Gasteiger partial charge is 0.276 e. The van der Waals surface area contributed by atoms with Gasteiger partial charge in [0.15, 0.2) is 5.69 Å². The Balaban J connectivity index is 1.53. The van der Waals surface area contributed by atoms with Crippen molar-refractivity contribution in [3.63, 3.8) is 0 Å². The van der Waals surface area contributed by atoms with Gasteiger partial charge in [0.1, 0.15) is 5.76 Å². The number of aromatic amines is 1. The highest BCUT2D eigenvalue weighted by Gasteiger charge is 2.48. The molecule has 1 N–H and O–H groups in total. The van der Waals surface area contributed by atoms with Gasteiger partial charge in [-0.05, 0) is 19.3 Å². The molecule has 0 bridgehead atoms. The molecule has 0 aliphatic carbocycles. The summed E-state index contributed by atoms with van der Waals surface area (Å²) in [4.78, 5) is 36.6. The van der Waals surface area contributed by atoms with Gasteiger partial charge in [-0.1, -0.05) is 12.1 Å². The molecule has 0 radical (unpaired) electrons. The van der Waals surface area contributed by atoms with Crippen molar-refractivity contribution in [1.82, 2.24) is 24.9 Å². The molecule has 2 aliphatic heterocycles. The Hall–Kier alpha value is -2.64. The number of hydrogen-bond donors (Lipinski definition) is 1. The number of likely N-dealkylation sites (tertiary alicyclic amines) is 1. The molecular weight excluding hydrogens is 346 g/mol. The first kappa shape index (κ1) is 17.8. The Labute approximate surface area is 157 Å². The molecule has 0 saturated carbocycles. The molecule has 0 unspecified atom stereocenters. The second-order valence-corrected chi connectivity index (χ2v) is 7.40. The summed E-state index contributed by atoms with van der Waals surface area (Å²) < 4.78 is 5.25. The zero-order valence-corrected chi connectivity index (χ0v) is 15.8. The summed E-state index contributed by atoms with van der Waals surface area (Å²) in [5, 5.41) is 3.94. The van der Waals surface area contributed by atoms with Crippen LogP contribution in [-0.2, 0) is 23.2 Å². The van der Waals surface area contributed by atoms with Crippen molar-refractivity contribution in [3.05, 3.63) is 35.2 Å². The van der Waals surface area contributed by atoms with Gasteiger partial charge in [-0.15, -0.1) is 0 Å². The number of nitrogens with one attached hydrogen (secondary N) is 1. The maximum absolute atomic E-state index is 12.8. The first-order valence-electron chi connectivity index (χ1n) is 9.61. The van der Waals surface area contributed by atoms with Crippen LogP contribution in [0.25, 0.3) is 0 Å². The third kappa shape index (κ3) is 2.93. The van der Waals surface area contributed by atoms with Gasteiger partial charge in [-0.3, -0.25) is 9.59 Å². The number of aryl methyl sites for hydroxylation is 1. The molecule has 2 aliphatic rings.